The third-order valence-corrected chi connectivity index (χ3v) is 1.98. The first kappa shape index (κ1) is 8.74. The van der Waals surface area contributed by atoms with Gasteiger partial charge in [-0.3, -0.25) is 4.68 Å². The quantitative estimate of drug-likeness (QED) is 0.791. The predicted octanol–water partition coefficient (Wildman–Crippen LogP) is 1.37. The Morgan fingerprint density at radius 3 is 3.07 bits per heavy atom. The van der Waals surface area contributed by atoms with Gasteiger partial charge in [0.1, 0.15) is 5.82 Å². The van der Waals surface area contributed by atoms with Crippen molar-refractivity contribution in [3.8, 4) is 0 Å². The molecule has 2 rings (SSSR count). The molecule has 2 aromatic heterocycles. The zero-order chi connectivity index (χ0) is 9.80. The highest BCUT2D eigenvalue weighted by Gasteiger charge is 1.96. The van der Waals surface area contributed by atoms with Gasteiger partial charge in [0.2, 0.25) is 0 Å². The van der Waals surface area contributed by atoms with Crippen LogP contribution in [-0.4, -0.2) is 21.8 Å². The highest BCUT2D eigenvalue weighted by Crippen LogP contribution is 2.06. The van der Waals surface area contributed by atoms with Crippen LogP contribution in [0.4, 0.5) is 5.82 Å². The van der Waals surface area contributed by atoms with E-state index in [1.165, 1.54) is 5.56 Å². The van der Waals surface area contributed by atoms with Crippen LogP contribution in [0.25, 0.3) is 0 Å². The molecule has 4 heteroatoms. The van der Waals surface area contributed by atoms with Gasteiger partial charge in [0.25, 0.3) is 0 Å². The summed E-state index contributed by atoms with van der Waals surface area (Å²) in [4.78, 5) is 4.15. The molecule has 0 spiro atoms. The molecule has 0 saturated heterocycles. The molecule has 0 radical (unpaired) electrons. The van der Waals surface area contributed by atoms with Crippen LogP contribution in [0.3, 0.4) is 0 Å². The van der Waals surface area contributed by atoms with Gasteiger partial charge in [-0.15, -0.1) is 0 Å². The van der Waals surface area contributed by atoms with Crippen molar-refractivity contribution in [2.75, 3.05) is 12.4 Å². The van der Waals surface area contributed by atoms with E-state index in [4.69, 9.17) is 0 Å². The highest BCUT2D eigenvalue weighted by molar-refractivity contribution is 5.36. The van der Waals surface area contributed by atoms with Crippen molar-refractivity contribution in [1.29, 1.82) is 0 Å². The lowest BCUT2D eigenvalue weighted by molar-refractivity contribution is 0.686. The largest absolute Gasteiger partial charge is 0.373 e. The molecule has 4 nitrogen and oxygen atoms in total. The van der Waals surface area contributed by atoms with Gasteiger partial charge in [0.05, 0.1) is 6.54 Å². The lowest BCUT2D eigenvalue weighted by Gasteiger charge is -2.03. The zero-order valence-electron chi connectivity index (χ0n) is 8.01. The minimum Gasteiger partial charge on any atom is -0.373 e. The summed E-state index contributed by atoms with van der Waals surface area (Å²) in [5, 5.41) is 7.15. The molecule has 0 unspecified atom stereocenters. The molecule has 0 amide bonds. The van der Waals surface area contributed by atoms with Crippen molar-refractivity contribution < 1.29 is 0 Å². The van der Waals surface area contributed by atoms with Crippen molar-refractivity contribution in [2.24, 2.45) is 0 Å². The van der Waals surface area contributed by atoms with E-state index in [-0.39, 0.29) is 0 Å². The van der Waals surface area contributed by atoms with E-state index in [9.17, 15) is 0 Å². The molecular weight excluding hydrogens is 176 g/mol. The zero-order valence-corrected chi connectivity index (χ0v) is 8.01. The number of aromatic nitrogens is 3. The van der Waals surface area contributed by atoms with E-state index < -0.39 is 0 Å². The molecule has 2 aromatic rings. The van der Waals surface area contributed by atoms with Crippen LogP contribution < -0.4 is 5.32 Å². The van der Waals surface area contributed by atoms with E-state index in [1.807, 2.05) is 36.1 Å². The maximum absolute atomic E-state index is 4.15. The third kappa shape index (κ3) is 1.90. The first-order valence-electron chi connectivity index (χ1n) is 4.48. The van der Waals surface area contributed by atoms with Crippen molar-refractivity contribution in [3.05, 3.63) is 42.4 Å². The second-order valence-corrected chi connectivity index (χ2v) is 3.00. The SMILES string of the molecule is CNc1cc(Cn2cccn2)ccn1. The Kier molecular flexibility index (Phi) is 2.44. The fourth-order valence-electron chi connectivity index (χ4n) is 1.29. The molecule has 1 N–H and O–H groups in total. The van der Waals surface area contributed by atoms with Crippen molar-refractivity contribution in [1.82, 2.24) is 14.8 Å². The lowest BCUT2D eigenvalue weighted by atomic mass is 10.2. The fraction of sp³-hybridized carbons (Fsp3) is 0.200. The van der Waals surface area contributed by atoms with Crippen molar-refractivity contribution in [2.45, 2.75) is 6.54 Å². The van der Waals surface area contributed by atoms with Gasteiger partial charge in [0, 0.05) is 25.6 Å². The molecule has 0 aliphatic rings. The van der Waals surface area contributed by atoms with E-state index in [2.05, 4.69) is 15.4 Å². The second kappa shape index (κ2) is 3.91. The first-order valence-corrected chi connectivity index (χ1v) is 4.48. The molecule has 0 atom stereocenters. The van der Waals surface area contributed by atoms with Crippen LogP contribution >= 0.6 is 0 Å². The maximum Gasteiger partial charge on any atom is 0.125 e. The summed E-state index contributed by atoms with van der Waals surface area (Å²) < 4.78 is 1.88. The summed E-state index contributed by atoms with van der Waals surface area (Å²) in [6.45, 7) is 0.782. The minimum absolute atomic E-state index is 0.782. The van der Waals surface area contributed by atoms with Crippen LogP contribution in [0.1, 0.15) is 5.56 Å². The van der Waals surface area contributed by atoms with Gasteiger partial charge in [-0.1, -0.05) is 0 Å². The van der Waals surface area contributed by atoms with E-state index in [0.29, 0.717) is 0 Å². The molecule has 0 fully saturated rings. The Labute approximate surface area is 82.6 Å². The predicted molar refractivity (Wildman–Crippen MR) is 55.1 cm³/mol. The van der Waals surface area contributed by atoms with E-state index in [1.54, 1.807) is 12.4 Å². The molecule has 0 bridgehead atoms. The van der Waals surface area contributed by atoms with Crippen LogP contribution in [0.2, 0.25) is 0 Å². The Hall–Kier alpha value is -1.84. The van der Waals surface area contributed by atoms with Gasteiger partial charge < -0.3 is 5.32 Å². The first-order chi connectivity index (χ1) is 6.88. The van der Waals surface area contributed by atoms with Crippen LogP contribution in [0.15, 0.2) is 36.8 Å². The summed E-state index contributed by atoms with van der Waals surface area (Å²) >= 11 is 0. The molecule has 14 heavy (non-hydrogen) atoms. The standard InChI is InChI=1S/C10H12N4/c1-11-10-7-9(3-5-12-10)8-14-6-2-4-13-14/h2-7H,8H2,1H3,(H,11,12). The maximum atomic E-state index is 4.15. The highest BCUT2D eigenvalue weighted by atomic mass is 15.3. The molecule has 0 aromatic carbocycles. The summed E-state index contributed by atoms with van der Waals surface area (Å²) in [7, 11) is 1.86. The van der Waals surface area contributed by atoms with Gasteiger partial charge in [-0.25, -0.2) is 4.98 Å². The summed E-state index contributed by atoms with van der Waals surface area (Å²) in [6.07, 6.45) is 5.52. The van der Waals surface area contributed by atoms with Gasteiger partial charge in [-0.05, 0) is 23.8 Å². The van der Waals surface area contributed by atoms with Gasteiger partial charge in [0.15, 0.2) is 0 Å². The Morgan fingerprint density at radius 1 is 1.43 bits per heavy atom. The number of rotatable bonds is 3. The minimum atomic E-state index is 0.782. The summed E-state index contributed by atoms with van der Waals surface area (Å²) in [5.41, 5.74) is 1.19. The van der Waals surface area contributed by atoms with E-state index in [0.717, 1.165) is 12.4 Å². The topological polar surface area (TPSA) is 42.7 Å². The van der Waals surface area contributed by atoms with Gasteiger partial charge in [-0.2, -0.15) is 5.10 Å². The van der Waals surface area contributed by atoms with Crippen LogP contribution in [0.5, 0.6) is 0 Å². The molecule has 0 saturated carbocycles. The van der Waals surface area contributed by atoms with Gasteiger partial charge >= 0.3 is 0 Å². The lowest BCUT2D eigenvalue weighted by Crippen LogP contribution is -2.01. The number of anilines is 1. The monoisotopic (exact) mass is 188 g/mol. The average molecular weight is 188 g/mol. The molecule has 0 aliphatic carbocycles. The Morgan fingerprint density at radius 2 is 2.36 bits per heavy atom. The summed E-state index contributed by atoms with van der Waals surface area (Å²) in [6, 6.07) is 5.92. The summed E-state index contributed by atoms with van der Waals surface area (Å²) in [5.74, 6) is 0.884. The third-order valence-electron chi connectivity index (χ3n) is 1.98. The molecule has 0 aliphatic heterocycles. The smallest absolute Gasteiger partial charge is 0.125 e. The van der Waals surface area contributed by atoms with Crippen molar-refractivity contribution in [3.63, 3.8) is 0 Å². The number of pyridine rings is 1. The molecule has 2 heterocycles. The van der Waals surface area contributed by atoms with Crippen molar-refractivity contribution >= 4 is 5.82 Å². The normalized spacial score (nSPS) is 10.1. The van der Waals surface area contributed by atoms with Crippen LogP contribution in [-0.2, 0) is 6.54 Å². The fourth-order valence-corrected chi connectivity index (χ4v) is 1.29. The number of hydrogen-bond donors (Lipinski definition) is 1. The molecular formula is C10H12N4. The second-order valence-electron chi connectivity index (χ2n) is 3.00. The van der Waals surface area contributed by atoms with E-state index >= 15 is 0 Å². The number of nitrogens with zero attached hydrogens (tertiary/aromatic N) is 3. The Balaban J connectivity index is 2.17. The number of nitrogens with one attached hydrogen (secondary N) is 1. The average Bonchev–Trinajstić information content (AvgIpc) is 2.71. The molecule has 72 valence electrons. The van der Waals surface area contributed by atoms with Crippen LogP contribution in [0, 0.1) is 0 Å². The Bertz CT molecular complexity index is 394. The number of hydrogen-bond acceptors (Lipinski definition) is 3.